The van der Waals surface area contributed by atoms with E-state index in [0.717, 1.165) is 11.1 Å². The molecule has 1 heterocycles. The average molecular weight is 528 g/mol. The largest absolute Gasteiger partial charge is 0.490 e. The number of carbonyl (C=O) groups is 3. The molecule has 0 saturated carbocycles. The summed E-state index contributed by atoms with van der Waals surface area (Å²) in [6.45, 7) is -2.89. The maximum Gasteiger partial charge on any atom is 0.490 e. The second-order valence-electron chi connectivity index (χ2n) is 7.39. The van der Waals surface area contributed by atoms with Gasteiger partial charge >= 0.3 is 18.8 Å². The Morgan fingerprint density at radius 2 is 1.70 bits per heavy atom. The van der Waals surface area contributed by atoms with Crippen LogP contribution in [0.4, 0.5) is 27.6 Å². The number of carbonyl (C=O) groups excluding carboxylic acids is 2. The summed E-state index contributed by atoms with van der Waals surface area (Å²) in [7, 11) is 0. The normalized spacial score (nSPS) is 10.9. The number of ether oxygens (including phenoxy) is 1. The highest BCUT2D eigenvalue weighted by Gasteiger charge is 2.38. The number of H-pyrrole nitrogens is 1. The van der Waals surface area contributed by atoms with Gasteiger partial charge in [0, 0.05) is 11.3 Å². The zero-order valence-electron chi connectivity index (χ0n) is 18.9. The number of halogens is 5. The molecule has 0 aliphatic rings. The molecular weight excluding hydrogens is 507 g/mol. The summed E-state index contributed by atoms with van der Waals surface area (Å²) < 4.78 is 60.4. The highest BCUT2D eigenvalue weighted by atomic mass is 19.4. The van der Waals surface area contributed by atoms with Crippen LogP contribution in [0.25, 0.3) is 0 Å². The lowest BCUT2D eigenvalue weighted by Gasteiger charge is -2.09. The van der Waals surface area contributed by atoms with Crippen molar-refractivity contribution in [3.63, 3.8) is 0 Å². The summed E-state index contributed by atoms with van der Waals surface area (Å²) in [5.41, 5.74) is 8.61. The molecule has 37 heavy (non-hydrogen) atoms. The van der Waals surface area contributed by atoms with Crippen molar-refractivity contribution in [2.75, 3.05) is 5.32 Å². The predicted octanol–water partition coefficient (Wildman–Crippen LogP) is 3.71. The molecule has 3 rings (SSSR count). The van der Waals surface area contributed by atoms with Gasteiger partial charge in [0.05, 0.1) is 12.6 Å². The van der Waals surface area contributed by atoms with E-state index in [0.29, 0.717) is 29.8 Å². The number of carboxylic acid groups (broad SMARTS) is 1. The zero-order chi connectivity index (χ0) is 27.6. The molecule has 5 N–H and O–H groups in total. The number of aromatic amines is 1. The van der Waals surface area contributed by atoms with Gasteiger partial charge in [-0.3, -0.25) is 14.7 Å². The van der Waals surface area contributed by atoms with Gasteiger partial charge in [0.2, 0.25) is 5.91 Å². The SMILES string of the molecule is NC(=O)c1[nH]ncc1CCc1cccc(NC(=O)Cc2ccc(OC(F)F)cc2)c1.O=C(O)C(F)(F)F. The first-order valence-electron chi connectivity index (χ1n) is 10.4. The van der Waals surface area contributed by atoms with E-state index in [2.05, 4.69) is 20.3 Å². The topological polar surface area (TPSA) is 147 Å². The fraction of sp³-hybridized carbons (Fsp3) is 0.217. The highest BCUT2D eigenvalue weighted by molar-refractivity contribution is 5.92. The number of aliphatic carboxylic acids is 1. The number of rotatable bonds is 9. The number of carboxylic acids is 1. The lowest BCUT2D eigenvalue weighted by Crippen LogP contribution is -2.21. The van der Waals surface area contributed by atoms with Gasteiger partial charge in [-0.15, -0.1) is 0 Å². The van der Waals surface area contributed by atoms with Gasteiger partial charge in [-0.2, -0.15) is 27.1 Å². The van der Waals surface area contributed by atoms with Crippen LogP contribution in [-0.2, 0) is 28.9 Å². The van der Waals surface area contributed by atoms with Gasteiger partial charge in [0.25, 0.3) is 5.91 Å². The van der Waals surface area contributed by atoms with Crippen LogP contribution in [0.2, 0.25) is 0 Å². The maximum absolute atomic E-state index is 12.3. The summed E-state index contributed by atoms with van der Waals surface area (Å²) in [6.07, 6.45) is -2.21. The molecule has 3 aromatic rings. The van der Waals surface area contributed by atoms with Crippen LogP contribution >= 0.6 is 0 Å². The van der Waals surface area contributed by atoms with Crippen molar-refractivity contribution >= 4 is 23.5 Å². The number of hydrogen-bond donors (Lipinski definition) is 4. The summed E-state index contributed by atoms with van der Waals surface area (Å²) in [6, 6.07) is 13.3. The van der Waals surface area contributed by atoms with Crippen LogP contribution in [0.15, 0.2) is 54.7 Å². The molecule has 0 atom stereocenters. The van der Waals surface area contributed by atoms with E-state index in [4.69, 9.17) is 15.6 Å². The van der Waals surface area contributed by atoms with Gasteiger partial charge in [-0.05, 0) is 48.2 Å². The van der Waals surface area contributed by atoms with Crippen molar-refractivity contribution in [3.05, 3.63) is 77.1 Å². The Balaban J connectivity index is 0.000000604. The number of primary amides is 1. The van der Waals surface area contributed by atoms with Gasteiger partial charge in [0.1, 0.15) is 11.4 Å². The van der Waals surface area contributed by atoms with E-state index in [9.17, 15) is 31.5 Å². The number of nitrogens with one attached hydrogen (secondary N) is 2. The van der Waals surface area contributed by atoms with Crippen LogP contribution in [-0.4, -0.2) is 45.9 Å². The van der Waals surface area contributed by atoms with Crippen LogP contribution in [0.3, 0.4) is 0 Å². The molecule has 2 aromatic carbocycles. The number of benzene rings is 2. The van der Waals surface area contributed by atoms with Crippen LogP contribution in [0.5, 0.6) is 5.75 Å². The first kappa shape index (κ1) is 28.7. The summed E-state index contributed by atoms with van der Waals surface area (Å²) >= 11 is 0. The Morgan fingerprint density at radius 1 is 1.05 bits per heavy atom. The Labute approximate surface area is 206 Å². The fourth-order valence-electron chi connectivity index (χ4n) is 2.98. The van der Waals surface area contributed by atoms with Crippen LogP contribution < -0.4 is 15.8 Å². The Morgan fingerprint density at radius 3 is 2.27 bits per heavy atom. The van der Waals surface area contributed by atoms with Gasteiger partial charge < -0.3 is 20.9 Å². The molecular formula is C23H21F5N4O5. The Hall–Kier alpha value is -4.49. The number of anilines is 1. The zero-order valence-corrected chi connectivity index (χ0v) is 18.9. The van der Waals surface area contributed by atoms with Crippen molar-refractivity contribution < 1.29 is 46.2 Å². The number of nitrogens with zero attached hydrogens (tertiary/aromatic N) is 1. The molecule has 0 spiro atoms. The molecule has 0 fully saturated rings. The molecule has 0 unspecified atom stereocenters. The maximum atomic E-state index is 12.3. The monoisotopic (exact) mass is 528 g/mol. The minimum absolute atomic E-state index is 0.0407. The molecule has 0 aliphatic carbocycles. The predicted molar refractivity (Wildman–Crippen MR) is 120 cm³/mol. The van der Waals surface area contributed by atoms with Crippen molar-refractivity contribution in [1.29, 1.82) is 0 Å². The molecule has 9 nitrogen and oxygen atoms in total. The number of hydrogen-bond acceptors (Lipinski definition) is 5. The lowest BCUT2D eigenvalue weighted by molar-refractivity contribution is -0.192. The molecule has 1 aromatic heterocycles. The number of aromatic nitrogens is 2. The summed E-state index contributed by atoms with van der Waals surface area (Å²) in [4.78, 5) is 32.5. The Bertz CT molecular complexity index is 1210. The molecule has 2 amide bonds. The van der Waals surface area contributed by atoms with Crippen molar-refractivity contribution in [2.24, 2.45) is 5.73 Å². The first-order valence-corrected chi connectivity index (χ1v) is 10.4. The second kappa shape index (κ2) is 13.0. The summed E-state index contributed by atoms with van der Waals surface area (Å²) in [5.74, 6) is -3.51. The minimum atomic E-state index is -5.08. The van der Waals surface area contributed by atoms with Gasteiger partial charge in [0.15, 0.2) is 0 Å². The van der Waals surface area contributed by atoms with Crippen molar-refractivity contribution in [1.82, 2.24) is 10.2 Å². The molecule has 198 valence electrons. The number of aryl methyl sites for hydroxylation is 2. The first-order chi connectivity index (χ1) is 17.3. The average Bonchev–Trinajstić information content (AvgIpc) is 3.28. The lowest BCUT2D eigenvalue weighted by atomic mass is 10.0. The Kier molecular flexibility index (Phi) is 10.1. The van der Waals surface area contributed by atoms with Gasteiger partial charge in [-0.1, -0.05) is 24.3 Å². The highest BCUT2D eigenvalue weighted by Crippen LogP contribution is 2.17. The number of alkyl halides is 5. The van der Waals surface area contributed by atoms with Crippen molar-refractivity contribution in [2.45, 2.75) is 32.1 Å². The number of nitrogens with two attached hydrogens (primary N) is 1. The van der Waals surface area contributed by atoms with Gasteiger partial charge in [-0.25, -0.2) is 4.79 Å². The third-order valence-electron chi connectivity index (χ3n) is 4.61. The van der Waals surface area contributed by atoms with Crippen LogP contribution in [0, 0.1) is 0 Å². The molecule has 0 aliphatic heterocycles. The third kappa shape index (κ3) is 9.95. The van der Waals surface area contributed by atoms with E-state index in [-0.39, 0.29) is 18.1 Å². The van der Waals surface area contributed by atoms with E-state index >= 15 is 0 Å². The van der Waals surface area contributed by atoms with E-state index in [1.165, 1.54) is 12.1 Å². The van der Waals surface area contributed by atoms with E-state index in [1.54, 1.807) is 24.4 Å². The van der Waals surface area contributed by atoms with E-state index < -0.39 is 24.7 Å². The third-order valence-corrected chi connectivity index (χ3v) is 4.61. The number of amides is 2. The summed E-state index contributed by atoms with van der Waals surface area (Å²) in [5, 5.41) is 16.4. The van der Waals surface area contributed by atoms with Crippen molar-refractivity contribution in [3.8, 4) is 5.75 Å². The van der Waals surface area contributed by atoms with Crippen LogP contribution in [0.1, 0.15) is 27.2 Å². The molecule has 14 heteroatoms. The quantitative estimate of drug-likeness (QED) is 0.311. The molecule has 0 bridgehead atoms. The minimum Gasteiger partial charge on any atom is -0.475 e. The van der Waals surface area contributed by atoms with E-state index in [1.807, 2.05) is 18.2 Å². The molecule has 0 radical (unpaired) electrons. The standard InChI is InChI=1S/C21H20F2N4O3.C2HF3O2/c22-21(23)30-17-8-5-14(6-9-17)11-18(28)26-16-3-1-2-13(10-16)4-7-15-12-25-27-19(15)20(24)29;3-2(4,5)1(6)7/h1-3,5-6,8-10,12,21H,4,7,11H2,(H2,24,29)(H,25,27)(H,26,28);(H,6,7). The second-order valence-corrected chi connectivity index (χ2v) is 7.39. The fourth-order valence-corrected chi connectivity index (χ4v) is 2.98. The smallest absolute Gasteiger partial charge is 0.475 e. The molecule has 0 saturated heterocycles.